The van der Waals surface area contributed by atoms with Crippen molar-refractivity contribution in [3.8, 4) is 17.0 Å². The van der Waals surface area contributed by atoms with E-state index in [2.05, 4.69) is 74.8 Å². The summed E-state index contributed by atoms with van der Waals surface area (Å²) in [6, 6.07) is 6.90. The molecule has 0 aliphatic heterocycles. The van der Waals surface area contributed by atoms with Gasteiger partial charge in [-0.3, -0.25) is 4.98 Å². The molecule has 0 saturated heterocycles. The average molecular weight is 989 g/mol. The minimum Gasteiger partial charge on any atom is -0.507 e. The zero-order valence-electron chi connectivity index (χ0n) is 24.8. The Labute approximate surface area is 321 Å². The van der Waals surface area contributed by atoms with Crippen LogP contribution in [0.4, 0.5) is 0 Å². The van der Waals surface area contributed by atoms with Crippen molar-refractivity contribution in [2.45, 2.75) is 76.3 Å². The van der Waals surface area contributed by atoms with Gasteiger partial charge in [-0.1, -0.05) is 62.5 Å². The van der Waals surface area contributed by atoms with Crippen LogP contribution in [-0.2, 0) is 61.1 Å². The van der Waals surface area contributed by atoms with E-state index in [4.69, 9.17) is 23.5 Å². The predicted molar refractivity (Wildman–Crippen MR) is 188 cm³/mol. The van der Waals surface area contributed by atoms with Crippen LogP contribution in [0.1, 0.15) is 66.9 Å². The quantitative estimate of drug-likeness (QED) is 0.204. The molecule has 13 nitrogen and oxygen atoms in total. The summed E-state index contributed by atoms with van der Waals surface area (Å²) in [5.74, 6) is 2.47. The third-order valence-corrected chi connectivity index (χ3v) is 3.96. The van der Waals surface area contributed by atoms with Gasteiger partial charge in [0.2, 0.25) is 0 Å². The molecule has 0 atom stereocenters. The summed E-state index contributed by atoms with van der Waals surface area (Å²) in [5, 5.41) is 38.7. The Balaban J connectivity index is -0.0000000901. The molecule has 0 unspecified atom stereocenters. The van der Waals surface area contributed by atoms with Gasteiger partial charge in [0.15, 0.2) is 0 Å². The van der Waals surface area contributed by atoms with E-state index in [1.807, 2.05) is 19.9 Å². The maximum Gasteiger partial charge on any atom is 0.147 e. The molecule has 0 amide bonds. The van der Waals surface area contributed by atoms with E-state index in [0.717, 1.165) is 0 Å². The van der Waals surface area contributed by atoms with Gasteiger partial charge in [0.1, 0.15) is 34.7 Å². The van der Waals surface area contributed by atoms with Crippen molar-refractivity contribution in [1.82, 2.24) is 60.7 Å². The van der Waals surface area contributed by atoms with Crippen molar-refractivity contribution < 1.29 is 47.2 Å². The van der Waals surface area contributed by atoms with Crippen molar-refractivity contribution >= 4 is 31.4 Å². The van der Waals surface area contributed by atoms with E-state index in [1.165, 1.54) is 19.2 Å². The number of nitrogens with zero attached hydrogens (tertiary/aromatic N) is 12. The van der Waals surface area contributed by atoms with E-state index in [0.29, 0.717) is 47.2 Å². The van der Waals surface area contributed by atoms with E-state index < -0.39 is 0 Å². The van der Waals surface area contributed by atoms with Crippen molar-refractivity contribution in [2.24, 2.45) is 0 Å². The Kier molecular flexibility index (Phi) is 52.2. The number of phenolic OH excluding ortho intramolecular Hbond substituents is 1. The molecule has 4 aromatic heterocycles. The summed E-state index contributed by atoms with van der Waals surface area (Å²) >= 11 is 0. The van der Waals surface area contributed by atoms with Gasteiger partial charge in [0.05, 0.1) is 50.0 Å². The minimum atomic E-state index is 0. The molecule has 5 rings (SSSR count). The number of para-hydroxylation sites is 1. The summed E-state index contributed by atoms with van der Waals surface area (Å²) in [7, 11) is 20.2. The standard InChI is InChI=1S/C10H8BN3O.C4H4BN3.C4H3BN3.C4H5N3.C2H6.CH3B.4CH4.2W/c11-5-10-12-6-8(13-14-10)7-3-1-2-4-9(7)15;2*5-3-4-6-1-2-7-8-4;1-4-5-2-3-6-7-4;2*1-2;;;;;;/h1-4,6,15H,5H2;1-2H,3H2;1H,3H2;2-3H,1H3;1-2H3;1H3;4*1H4;;/q;;-1;;;;;;;;;. The van der Waals surface area contributed by atoms with Gasteiger partial charge >= 0.3 is 0 Å². The molecule has 0 spiro atoms. The van der Waals surface area contributed by atoms with Crippen LogP contribution in [0, 0.1) is 13.1 Å². The second-order valence-corrected chi connectivity index (χ2v) is 6.64. The summed E-state index contributed by atoms with van der Waals surface area (Å²) in [5.41, 5.74) is 1.14. The number of rotatable bonds is 4. The van der Waals surface area contributed by atoms with Crippen LogP contribution < -0.4 is 0 Å². The molecule has 0 saturated carbocycles. The fourth-order valence-corrected chi connectivity index (χ4v) is 2.22. The third kappa shape index (κ3) is 27.8. The summed E-state index contributed by atoms with van der Waals surface area (Å²) < 4.78 is 0. The van der Waals surface area contributed by atoms with Crippen molar-refractivity contribution in [3.05, 3.63) is 90.9 Å². The fraction of sp³-hybridized carbons (Fsp3) is 0.379. The van der Waals surface area contributed by atoms with E-state index in [-0.39, 0.29) is 83.9 Å². The first-order chi connectivity index (χ1) is 20.6. The monoisotopic (exact) mass is 989 g/mol. The molecule has 5 aromatic rings. The topological polar surface area (TPSA) is 175 Å². The number of aromatic nitrogens is 12. The molecule has 0 aliphatic carbocycles. The van der Waals surface area contributed by atoms with Gasteiger partial charge in [-0.2, -0.15) is 15.3 Å². The molecule has 0 bridgehead atoms. The Morgan fingerprint density at radius 1 is 0.646 bits per heavy atom. The first kappa shape index (κ1) is 60.1. The SMILES string of the molecule is C.C.C.C.CC.Cc1nccnn1.[B]C.[B]Cc1nc[c-]nn1.[B]Cc1ncc(-c2ccccc2O)nn1.[B]Cc1nccnn1.[W].[W]. The first-order valence-corrected chi connectivity index (χ1v) is 12.5. The van der Waals surface area contributed by atoms with E-state index >= 15 is 0 Å². The Morgan fingerprint density at radius 3 is 1.50 bits per heavy atom. The number of aromatic hydroxyl groups is 1. The van der Waals surface area contributed by atoms with Gasteiger partial charge in [0.25, 0.3) is 0 Å². The first-order valence-electron chi connectivity index (χ1n) is 12.5. The molecular weight excluding hydrogens is 943 g/mol. The van der Waals surface area contributed by atoms with Crippen molar-refractivity contribution in [1.29, 1.82) is 0 Å². The van der Waals surface area contributed by atoms with Gasteiger partial charge in [-0.15, -0.1) is 26.6 Å². The summed E-state index contributed by atoms with van der Waals surface area (Å²) in [4.78, 5) is 15.4. The predicted octanol–water partition coefficient (Wildman–Crippen LogP) is 3.74. The van der Waals surface area contributed by atoms with Crippen LogP contribution in [-0.4, -0.2) is 97.2 Å². The fourth-order valence-electron chi connectivity index (χ4n) is 2.22. The minimum absolute atomic E-state index is 0. The molecule has 0 aliphatic rings. The van der Waals surface area contributed by atoms with Crippen LogP contribution in [0.2, 0.25) is 6.82 Å². The molecule has 48 heavy (non-hydrogen) atoms. The number of aryl methyl sites for hydroxylation is 1. The molecule has 1 aromatic carbocycles. The second-order valence-electron chi connectivity index (χ2n) is 6.64. The average Bonchev–Trinajstić information content (AvgIpc) is 3.09. The normalized spacial score (nSPS) is 7.67. The maximum atomic E-state index is 9.57. The molecular formula is C29H45B4N12OW2-. The largest absolute Gasteiger partial charge is 0.507 e. The van der Waals surface area contributed by atoms with Crippen LogP contribution in [0.15, 0.2) is 61.4 Å². The molecule has 1 N–H and O–H groups in total. The summed E-state index contributed by atoms with van der Waals surface area (Å²) in [6.07, 6.45) is 12.6. The summed E-state index contributed by atoms with van der Waals surface area (Å²) in [6.45, 7) is 7.30. The number of phenols is 1. The molecule has 0 fully saturated rings. The van der Waals surface area contributed by atoms with Crippen LogP contribution >= 0.6 is 0 Å². The van der Waals surface area contributed by atoms with E-state index in [9.17, 15) is 5.11 Å². The van der Waals surface area contributed by atoms with E-state index in [1.54, 1.807) is 49.9 Å². The molecule has 8 radical (unpaired) electrons. The van der Waals surface area contributed by atoms with Crippen LogP contribution in [0.5, 0.6) is 5.75 Å². The zero-order chi connectivity index (χ0) is 31.4. The van der Waals surface area contributed by atoms with Crippen molar-refractivity contribution in [3.63, 3.8) is 0 Å². The van der Waals surface area contributed by atoms with Gasteiger partial charge < -0.3 is 16.4 Å². The van der Waals surface area contributed by atoms with Crippen LogP contribution in [0.3, 0.4) is 0 Å². The second kappa shape index (κ2) is 41.7. The van der Waals surface area contributed by atoms with Crippen LogP contribution in [0.25, 0.3) is 11.3 Å². The Morgan fingerprint density at radius 2 is 1.17 bits per heavy atom. The molecule has 252 valence electrons. The van der Waals surface area contributed by atoms with Gasteiger partial charge in [-0.25, -0.2) is 15.0 Å². The third-order valence-electron chi connectivity index (χ3n) is 3.96. The van der Waals surface area contributed by atoms with Gasteiger partial charge in [-0.05, 0) is 38.0 Å². The smallest absolute Gasteiger partial charge is 0.147 e. The Hall–Kier alpha value is -3.30. The van der Waals surface area contributed by atoms with Gasteiger partial charge in [0, 0.05) is 60.1 Å². The number of hydrogen-bond donors (Lipinski definition) is 1. The molecule has 19 heteroatoms. The number of hydrogen-bond acceptors (Lipinski definition) is 13. The van der Waals surface area contributed by atoms with Crippen molar-refractivity contribution in [2.75, 3.05) is 0 Å². The zero-order valence-corrected chi connectivity index (χ0v) is 30.7. The maximum absolute atomic E-state index is 9.57. The molecule has 4 heterocycles. The number of benzene rings is 1. The Bertz CT molecular complexity index is 1270.